The van der Waals surface area contributed by atoms with Gasteiger partial charge in [0, 0.05) is 167 Å². The first-order chi connectivity index (χ1) is 58.8. The van der Waals surface area contributed by atoms with E-state index in [2.05, 4.69) is 132 Å². The van der Waals surface area contributed by atoms with Crippen LogP contribution in [0.3, 0.4) is 0 Å². The fourth-order valence-corrected chi connectivity index (χ4v) is 19.5. The molecule has 4 saturated heterocycles. The number of nitrogens with zero attached hydrogens (tertiary/aromatic N) is 21. The van der Waals surface area contributed by atoms with Gasteiger partial charge in [0.1, 0.15) is 26.7 Å². The first-order valence-corrected chi connectivity index (χ1v) is 45.0. The largest absolute Gasteiger partial charge is 0.367 e. The predicted octanol–water partition coefficient (Wildman–Crippen LogP) is 16.2. The molecule has 4 aliphatic heterocycles. The summed E-state index contributed by atoms with van der Waals surface area (Å²) in [5.41, 5.74) is 7.32. The number of hydrogen-bond acceptors (Lipinski definition) is 25. The number of aromatic nitrogens is 17. The number of hydrogen-bond donors (Lipinski definition) is 8. The summed E-state index contributed by atoms with van der Waals surface area (Å²) >= 11 is 19.1. The van der Waals surface area contributed by atoms with Gasteiger partial charge in [-0.3, -0.25) is 33.1 Å². The molecule has 0 atom stereocenters. The van der Waals surface area contributed by atoms with Crippen LogP contribution in [0.2, 0.25) is 15.1 Å². The topological polar surface area (TPSA) is 348 Å². The number of likely N-dealkylation sites (tertiary alicyclic amines) is 3. The molecule has 0 unspecified atom stereocenters. The van der Waals surface area contributed by atoms with Crippen LogP contribution in [0.15, 0.2) is 92.7 Å². The van der Waals surface area contributed by atoms with Crippen molar-refractivity contribution in [1.29, 1.82) is 0 Å². The molecule has 8 fully saturated rings. The van der Waals surface area contributed by atoms with Crippen LogP contribution in [0.25, 0.3) is 0 Å². The highest BCUT2D eigenvalue weighted by Gasteiger charge is 2.43. The zero-order valence-electron chi connectivity index (χ0n) is 72.3. The zero-order valence-corrected chi connectivity index (χ0v) is 74.5. The molecule has 4 saturated carbocycles. The molecule has 17 rings (SSSR count). The van der Waals surface area contributed by atoms with Gasteiger partial charge in [0.2, 0.25) is 41.5 Å². The van der Waals surface area contributed by atoms with Crippen molar-refractivity contribution in [3.63, 3.8) is 0 Å². The van der Waals surface area contributed by atoms with Gasteiger partial charge in [-0.05, 0) is 201 Å². The maximum atomic E-state index is 12.0. The molecule has 13 heterocycles. The lowest BCUT2D eigenvalue weighted by Crippen LogP contribution is -2.45. The molecule has 0 radical (unpaired) electrons. The Morgan fingerprint density at radius 2 is 0.656 bits per heavy atom. The molecule has 35 heteroatoms. The third kappa shape index (κ3) is 23.4. The average Bonchev–Trinajstić information content (AvgIpc) is 1.58. The van der Waals surface area contributed by atoms with Crippen molar-refractivity contribution in [1.82, 2.24) is 98.7 Å². The number of carbonyl (C=O) groups is 3. The third-order valence-electron chi connectivity index (χ3n) is 26.9. The van der Waals surface area contributed by atoms with Gasteiger partial charge in [-0.15, -0.1) is 0 Å². The first kappa shape index (κ1) is 88.1. The second kappa shape index (κ2) is 40.0. The number of rotatable bonds is 19. The Bertz CT molecular complexity index is 4770. The molecular weight excluding hydrogens is 1610 g/mol. The molecule has 9 aromatic rings. The molecule has 4 spiro atoms. The quantitative estimate of drug-likeness (QED) is 0.0373. The molecule has 4 aliphatic carbocycles. The summed E-state index contributed by atoms with van der Waals surface area (Å²) < 4.78 is 6.92. The minimum Gasteiger partial charge on any atom is -0.367 e. The number of anilines is 13. The lowest BCUT2D eigenvalue weighted by atomic mass is 9.67. The van der Waals surface area contributed by atoms with Crippen LogP contribution in [-0.4, -0.2) is 193 Å². The van der Waals surface area contributed by atoms with Gasteiger partial charge in [0.15, 0.2) is 17.5 Å². The van der Waals surface area contributed by atoms with Crippen LogP contribution >= 0.6 is 34.8 Å². The summed E-state index contributed by atoms with van der Waals surface area (Å²) in [6.07, 6.45) is 52.3. The van der Waals surface area contributed by atoms with E-state index in [0.717, 1.165) is 182 Å². The Morgan fingerprint density at radius 3 is 0.934 bits per heavy atom. The zero-order chi connectivity index (χ0) is 85.6. The molecule has 9 aromatic heterocycles. The summed E-state index contributed by atoms with van der Waals surface area (Å²) in [6, 6.07) is 5.82. The molecule has 0 bridgehead atoms. The summed E-state index contributed by atoms with van der Waals surface area (Å²) in [5, 5.41) is 45.2. The van der Waals surface area contributed by atoms with Gasteiger partial charge in [-0.2, -0.15) is 40.3 Å². The van der Waals surface area contributed by atoms with E-state index in [9.17, 15) is 14.4 Å². The SMILES string of the molecule is CC(=O)N1CCC2(CCC(Nc3nc(Nc4cnn(C)c4)ncc3Cl)CC2)CC1.CCC(=O)N1CCC2(CCC(Nc3nc(Nc4cnn(C)c4)ncc3C)CC2)CC1.CCC(=O)N1CCC2(CCC(Nc3nc(Nc4cnn(C)c4)ncc3Cl)CC2)CC1.Cc1ccc(N2CCC3(CCC(Nc4nc(Nc5cnn(C)c5)ncc4Cl)CC3)CC2)nc1. The molecule has 0 aromatic carbocycles. The Hall–Kier alpha value is -10.2. The number of nitrogens with one attached hydrogen (secondary N) is 8. The van der Waals surface area contributed by atoms with E-state index in [-0.39, 0.29) is 11.8 Å². The van der Waals surface area contributed by atoms with Crippen molar-refractivity contribution >= 4 is 128 Å². The molecule has 654 valence electrons. The van der Waals surface area contributed by atoms with Crippen molar-refractivity contribution in [2.75, 3.05) is 99.8 Å². The standard InChI is InChI=1S/C24H31ClN8.C22H33N7O.C21H30ClN7O.C20H28ClN7O/c1-17-3-4-21(26-13-17)33-11-9-24(10-12-33)7-5-18(6-8-24)29-22-20(25)15-27-23(31-22)30-19-14-28-32(2)16-19;1-4-19(30)29-11-9-22(10-12-29)7-5-17(6-8-22)25-20-16(2)13-23-21(27-20)26-18-14-24-28(3)15-18;1-3-18(30)29-10-8-21(9-11-29)6-4-15(5-7-21)25-19-17(22)13-23-20(27-19)26-16-12-24-28(2)14-16;1-14(29)28-9-7-20(8-10-28)5-3-15(4-6-20)24-18-17(21)12-22-19(26-18)25-16-11-23-27(2)13-16/h3-4,13-16,18H,5-12H2,1-2H3,(H2,27,29,30,31);13-15,17H,4-12H2,1-3H3,(H2,23,25,26,27);12-15H,3-11H2,1-2H3,(H2,23,25,26,27);11-13,15H,3-10H2,1-2H3,(H2,22,24,25,26). The number of amides is 3. The lowest BCUT2D eigenvalue weighted by Gasteiger charge is -2.46. The minimum absolute atomic E-state index is 0.198. The number of halogens is 3. The average molecular weight is 1730 g/mol. The highest BCUT2D eigenvalue weighted by Crippen LogP contribution is 2.50. The Kier molecular flexibility index (Phi) is 28.9. The summed E-state index contributed by atoms with van der Waals surface area (Å²) in [7, 11) is 7.48. The van der Waals surface area contributed by atoms with E-state index < -0.39 is 0 Å². The van der Waals surface area contributed by atoms with Crippen LogP contribution in [0.4, 0.5) is 75.6 Å². The van der Waals surface area contributed by atoms with Crippen molar-refractivity contribution in [3.05, 3.63) is 119 Å². The van der Waals surface area contributed by atoms with Crippen LogP contribution in [-0.2, 0) is 42.6 Å². The summed E-state index contributed by atoms with van der Waals surface area (Å²) in [4.78, 5) is 84.3. The minimum atomic E-state index is 0.198. The number of piperidine rings is 4. The molecule has 8 N–H and O–H groups in total. The smallest absolute Gasteiger partial charge is 0.229 e. The second-order valence-corrected chi connectivity index (χ2v) is 36.6. The van der Waals surface area contributed by atoms with Gasteiger partial charge in [-0.1, -0.05) is 54.7 Å². The van der Waals surface area contributed by atoms with Crippen LogP contribution in [0, 0.1) is 35.5 Å². The Morgan fingerprint density at radius 1 is 0.369 bits per heavy atom. The van der Waals surface area contributed by atoms with Crippen LogP contribution < -0.4 is 47.4 Å². The van der Waals surface area contributed by atoms with E-state index in [1.807, 2.05) is 95.9 Å². The van der Waals surface area contributed by atoms with Crippen molar-refractivity contribution in [2.24, 2.45) is 49.9 Å². The van der Waals surface area contributed by atoms with E-state index >= 15 is 0 Å². The van der Waals surface area contributed by atoms with Gasteiger partial charge >= 0.3 is 0 Å². The monoisotopic (exact) mass is 1730 g/mol. The maximum Gasteiger partial charge on any atom is 0.229 e. The number of carbonyl (C=O) groups excluding carboxylic acids is 3. The second-order valence-electron chi connectivity index (χ2n) is 35.3. The van der Waals surface area contributed by atoms with Crippen LogP contribution in [0.1, 0.15) is 199 Å². The predicted molar refractivity (Wildman–Crippen MR) is 481 cm³/mol. The van der Waals surface area contributed by atoms with E-state index in [0.29, 0.717) is 121 Å². The molecular formula is C87H122Cl3N29O3. The third-order valence-corrected chi connectivity index (χ3v) is 27.7. The fraction of sp³-hybridized carbons (Fsp3) is 0.586. The summed E-state index contributed by atoms with van der Waals surface area (Å²) in [5.74, 6) is 6.91. The van der Waals surface area contributed by atoms with Gasteiger partial charge in [-0.25, -0.2) is 24.9 Å². The molecule has 122 heavy (non-hydrogen) atoms. The number of aryl methyl sites for hydroxylation is 6. The highest BCUT2D eigenvalue weighted by molar-refractivity contribution is 6.33. The van der Waals surface area contributed by atoms with Gasteiger partial charge in [0.05, 0.1) is 66.1 Å². The first-order valence-electron chi connectivity index (χ1n) is 43.8. The summed E-state index contributed by atoms with van der Waals surface area (Å²) in [6.45, 7) is 17.4. The van der Waals surface area contributed by atoms with E-state index in [4.69, 9.17) is 39.8 Å². The molecule has 32 nitrogen and oxygen atoms in total. The molecule has 3 amide bonds. The maximum absolute atomic E-state index is 12.0. The van der Waals surface area contributed by atoms with Crippen molar-refractivity contribution < 1.29 is 14.4 Å². The lowest BCUT2D eigenvalue weighted by molar-refractivity contribution is -0.134. The van der Waals surface area contributed by atoms with Gasteiger partial charge < -0.3 is 62.1 Å². The Balaban J connectivity index is 0.000000133. The Labute approximate surface area is 731 Å². The van der Waals surface area contributed by atoms with E-state index in [1.165, 1.54) is 69.8 Å². The van der Waals surface area contributed by atoms with Gasteiger partial charge in [0.25, 0.3) is 0 Å². The molecule has 8 aliphatic rings. The highest BCUT2D eigenvalue weighted by atomic mass is 35.5. The normalized spacial score (nSPS) is 19.0. The van der Waals surface area contributed by atoms with Crippen LogP contribution in [0.5, 0.6) is 0 Å². The van der Waals surface area contributed by atoms with E-state index in [1.54, 1.807) is 69.0 Å². The fourth-order valence-electron chi connectivity index (χ4n) is 19.0. The van der Waals surface area contributed by atoms with Crippen molar-refractivity contribution in [2.45, 2.75) is 226 Å². The van der Waals surface area contributed by atoms with Crippen molar-refractivity contribution in [3.8, 4) is 0 Å². The number of pyridine rings is 1.